The van der Waals surface area contributed by atoms with E-state index < -0.39 is 0 Å². The molecule has 0 aromatic heterocycles. The third-order valence-electron chi connectivity index (χ3n) is 2.05. The van der Waals surface area contributed by atoms with Crippen LogP contribution in [0.1, 0.15) is 12.8 Å². The van der Waals surface area contributed by atoms with E-state index in [2.05, 4.69) is 0 Å². The second-order valence-corrected chi connectivity index (χ2v) is 3.78. The lowest BCUT2D eigenvalue weighted by atomic mass is 9.95. The summed E-state index contributed by atoms with van der Waals surface area (Å²) in [6.45, 7) is 2.60. The molecular formula is C9H17ClO3. The van der Waals surface area contributed by atoms with Gasteiger partial charge in [0.1, 0.15) is 0 Å². The molecule has 0 unspecified atom stereocenters. The molecule has 0 aromatic carbocycles. The first kappa shape index (κ1) is 11.2. The van der Waals surface area contributed by atoms with E-state index >= 15 is 0 Å². The van der Waals surface area contributed by atoms with Crippen molar-refractivity contribution in [3.8, 4) is 0 Å². The molecule has 1 aliphatic rings. The van der Waals surface area contributed by atoms with Crippen molar-refractivity contribution in [1.82, 2.24) is 0 Å². The van der Waals surface area contributed by atoms with E-state index in [1.54, 1.807) is 7.11 Å². The Bertz CT molecular complexity index is 126. The predicted molar refractivity (Wildman–Crippen MR) is 51.3 cm³/mol. The molecule has 78 valence electrons. The van der Waals surface area contributed by atoms with Crippen LogP contribution in [0.5, 0.6) is 0 Å². The maximum Gasteiger partial charge on any atom is 0.0704 e. The first-order valence-corrected chi connectivity index (χ1v) is 5.09. The molecule has 1 rings (SSSR count). The lowest BCUT2D eigenvalue weighted by molar-refractivity contribution is -0.0328. The maximum atomic E-state index is 5.80. The van der Waals surface area contributed by atoms with Crippen molar-refractivity contribution in [2.45, 2.75) is 24.3 Å². The zero-order chi connectivity index (χ0) is 9.52. The van der Waals surface area contributed by atoms with Gasteiger partial charge < -0.3 is 14.2 Å². The molecule has 0 spiro atoms. The van der Waals surface area contributed by atoms with Crippen LogP contribution in [0, 0.1) is 0 Å². The van der Waals surface area contributed by atoms with Crippen LogP contribution in [0.3, 0.4) is 0 Å². The van der Waals surface area contributed by atoms with E-state index in [0.29, 0.717) is 37.9 Å². The van der Waals surface area contributed by atoms with Crippen LogP contribution < -0.4 is 0 Å². The van der Waals surface area contributed by atoms with Gasteiger partial charge in [0, 0.05) is 12.5 Å². The van der Waals surface area contributed by atoms with Gasteiger partial charge in [0.2, 0.25) is 0 Å². The molecule has 0 atom stereocenters. The summed E-state index contributed by atoms with van der Waals surface area (Å²) in [7, 11) is 1.66. The molecule has 1 fully saturated rings. The van der Waals surface area contributed by atoms with Gasteiger partial charge >= 0.3 is 0 Å². The van der Waals surface area contributed by atoms with Gasteiger partial charge in [-0.05, 0) is 12.8 Å². The van der Waals surface area contributed by atoms with Crippen molar-refractivity contribution in [3.05, 3.63) is 0 Å². The summed E-state index contributed by atoms with van der Waals surface area (Å²) in [6, 6.07) is 0. The molecule has 0 aliphatic heterocycles. The van der Waals surface area contributed by atoms with E-state index in [-0.39, 0.29) is 0 Å². The normalized spacial score (nSPS) is 27.2. The highest BCUT2D eigenvalue weighted by molar-refractivity contribution is 6.21. The Morgan fingerprint density at radius 1 is 1.15 bits per heavy atom. The van der Waals surface area contributed by atoms with Crippen molar-refractivity contribution in [1.29, 1.82) is 0 Å². The fourth-order valence-corrected chi connectivity index (χ4v) is 1.55. The lowest BCUT2D eigenvalue weighted by Crippen LogP contribution is -2.32. The molecule has 13 heavy (non-hydrogen) atoms. The maximum absolute atomic E-state index is 5.80. The highest BCUT2D eigenvalue weighted by atomic mass is 35.5. The Kier molecular flexibility index (Phi) is 5.71. The Morgan fingerprint density at radius 2 is 1.85 bits per heavy atom. The van der Waals surface area contributed by atoms with Crippen LogP contribution in [-0.2, 0) is 14.2 Å². The first-order chi connectivity index (χ1) is 6.33. The molecular weight excluding hydrogens is 192 g/mol. The number of ether oxygens (including phenoxy) is 3. The molecule has 4 heteroatoms. The minimum absolute atomic E-state index is 0.333. The zero-order valence-electron chi connectivity index (χ0n) is 8.00. The highest BCUT2D eigenvalue weighted by Gasteiger charge is 2.27. The fraction of sp³-hybridized carbons (Fsp3) is 1.00. The SMILES string of the molecule is COCCOCCOC1CC(Cl)C1. The summed E-state index contributed by atoms with van der Waals surface area (Å²) >= 11 is 5.80. The Labute approximate surface area is 84.3 Å². The fourth-order valence-electron chi connectivity index (χ4n) is 1.16. The summed E-state index contributed by atoms with van der Waals surface area (Å²) in [5.41, 5.74) is 0. The number of rotatable bonds is 7. The minimum atomic E-state index is 0.333. The molecule has 1 aliphatic carbocycles. The molecule has 0 N–H and O–H groups in total. The zero-order valence-corrected chi connectivity index (χ0v) is 8.76. The van der Waals surface area contributed by atoms with E-state index in [1.165, 1.54) is 0 Å². The van der Waals surface area contributed by atoms with Crippen molar-refractivity contribution in [2.24, 2.45) is 0 Å². The number of hydrogen-bond donors (Lipinski definition) is 0. The van der Waals surface area contributed by atoms with E-state index in [1.807, 2.05) is 0 Å². The molecule has 0 amide bonds. The molecule has 0 saturated heterocycles. The summed E-state index contributed by atoms with van der Waals surface area (Å²) in [4.78, 5) is 0. The quantitative estimate of drug-likeness (QED) is 0.468. The van der Waals surface area contributed by atoms with Crippen LogP contribution in [-0.4, -0.2) is 45.0 Å². The van der Waals surface area contributed by atoms with Crippen molar-refractivity contribution in [3.63, 3.8) is 0 Å². The van der Waals surface area contributed by atoms with Gasteiger partial charge in [0.15, 0.2) is 0 Å². The molecule has 3 nitrogen and oxygen atoms in total. The van der Waals surface area contributed by atoms with Crippen LogP contribution in [0.4, 0.5) is 0 Å². The number of halogens is 1. The predicted octanol–water partition coefficient (Wildman–Crippen LogP) is 1.44. The van der Waals surface area contributed by atoms with Gasteiger partial charge in [-0.1, -0.05) is 0 Å². The van der Waals surface area contributed by atoms with Gasteiger partial charge in [-0.3, -0.25) is 0 Å². The summed E-state index contributed by atoms with van der Waals surface area (Å²) in [6.07, 6.45) is 2.34. The van der Waals surface area contributed by atoms with E-state index in [0.717, 1.165) is 12.8 Å². The van der Waals surface area contributed by atoms with Gasteiger partial charge in [0.25, 0.3) is 0 Å². The standard InChI is InChI=1S/C9H17ClO3/c1-11-2-3-12-4-5-13-9-6-8(10)7-9/h8-9H,2-7H2,1H3. The van der Waals surface area contributed by atoms with Gasteiger partial charge in [-0.2, -0.15) is 0 Å². The second-order valence-electron chi connectivity index (χ2n) is 3.17. The monoisotopic (exact) mass is 208 g/mol. The first-order valence-electron chi connectivity index (χ1n) is 4.65. The van der Waals surface area contributed by atoms with Gasteiger partial charge in [-0.25, -0.2) is 0 Å². The Morgan fingerprint density at radius 3 is 2.46 bits per heavy atom. The highest BCUT2D eigenvalue weighted by Crippen LogP contribution is 2.27. The molecule has 0 aromatic rings. The van der Waals surface area contributed by atoms with Crippen LogP contribution in [0.25, 0.3) is 0 Å². The number of alkyl halides is 1. The lowest BCUT2D eigenvalue weighted by Gasteiger charge is -2.30. The van der Waals surface area contributed by atoms with Crippen LogP contribution in [0.2, 0.25) is 0 Å². The Hall–Kier alpha value is 0.170. The third-order valence-corrected chi connectivity index (χ3v) is 2.41. The average Bonchev–Trinajstić information content (AvgIpc) is 2.07. The summed E-state index contributed by atoms with van der Waals surface area (Å²) in [5, 5.41) is 0.333. The smallest absolute Gasteiger partial charge is 0.0704 e. The van der Waals surface area contributed by atoms with Gasteiger partial charge in [-0.15, -0.1) is 11.6 Å². The van der Waals surface area contributed by atoms with Crippen LogP contribution >= 0.6 is 11.6 Å². The number of methoxy groups -OCH3 is 1. The van der Waals surface area contributed by atoms with Crippen LogP contribution in [0.15, 0.2) is 0 Å². The minimum Gasteiger partial charge on any atom is -0.382 e. The van der Waals surface area contributed by atoms with Gasteiger partial charge in [0.05, 0.1) is 32.5 Å². The molecule has 0 radical (unpaired) electrons. The summed E-state index contributed by atoms with van der Waals surface area (Å²) in [5.74, 6) is 0. The molecule has 1 saturated carbocycles. The Balaban J connectivity index is 1.74. The van der Waals surface area contributed by atoms with Crippen molar-refractivity contribution < 1.29 is 14.2 Å². The average molecular weight is 209 g/mol. The topological polar surface area (TPSA) is 27.7 Å². The summed E-state index contributed by atoms with van der Waals surface area (Å²) < 4.78 is 15.5. The molecule has 0 heterocycles. The third kappa shape index (κ3) is 4.81. The van der Waals surface area contributed by atoms with Crippen molar-refractivity contribution >= 4 is 11.6 Å². The molecule has 0 bridgehead atoms. The number of hydrogen-bond acceptors (Lipinski definition) is 3. The second kappa shape index (κ2) is 6.60. The van der Waals surface area contributed by atoms with Crippen molar-refractivity contribution in [2.75, 3.05) is 33.5 Å². The van der Waals surface area contributed by atoms with E-state index in [9.17, 15) is 0 Å². The van der Waals surface area contributed by atoms with E-state index in [4.69, 9.17) is 25.8 Å². The largest absolute Gasteiger partial charge is 0.382 e.